The van der Waals surface area contributed by atoms with E-state index in [0.717, 1.165) is 11.8 Å². The molecule has 1 aliphatic heterocycles. The summed E-state index contributed by atoms with van der Waals surface area (Å²) in [5.74, 6) is 5.22. The normalized spacial score (nSPS) is 19.4. The number of allylic oxidation sites excluding steroid dienone is 1. The number of aldehydes is 1. The summed E-state index contributed by atoms with van der Waals surface area (Å²) in [5, 5.41) is 20.4. The van der Waals surface area contributed by atoms with Crippen LogP contribution in [0.2, 0.25) is 0 Å². The van der Waals surface area contributed by atoms with Crippen LogP contribution in [-0.4, -0.2) is 62.8 Å². The van der Waals surface area contributed by atoms with E-state index in [1.807, 2.05) is 42.6 Å². The summed E-state index contributed by atoms with van der Waals surface area (Å²) in [5.41, 5.74) is 1.58. The Bertz CT molecular complexity index is 1040. The van der Waals surface area contributed by atoms with Crippen LogP contribution in [0.15, 0.2) is 59.2 Å². The fourth-order valence-electron chi connectivity index (χ4n) is 3.57. The van der Waals surface area contributed by atoms with Crippen molar-refractivity contribution in [2.24, 2.45) is 5.10 Å². The molecule has 3 rings (SSSR count). The van der Waals surface area contributed by atoms with Crippen molar-refractivity contribution in [1.82, 2.24) is 19.7 Å². The number of piperazine rings is 1. The van der Waals surface area contributed by atoms with Crippen LogP contribution in [0.1, 0.15) is 31.1 Å². The average Bonchev–Trinajstić information content (AvgIpc) is 3.18. The van der Waals surface area contributed by atoms with Gasteiger partial charge >= 0.3 is 0 Å². The van der Waals surface area contributed by atoms with E-state index >= 15 is 0 Å². The van der Waals surface area contributed by atoms with Crippen LogP contribution in [0, 0.1) is 11.8 Å². The zero-order chi connectivity index (χ0) is 21.7. The van der Waals surface area contributed by atoms with Gasteiger partial charge < -0.3 is 10.0 Å². The fraction of sp³-hybridized carbons (Fsp3) is 0.273. The van der Waals surface area contributed by atoms with Gasteiger partial charge in [-0.3, -0.25) is 14.3 Å². The van der Waals surface area contributed by atoms with Crippen molar-refractivity contribution in [1.29, 1.82) is 0 Å². The van der Waals surface area contributed by atoms with Gasteiger partial charge in [0.25, 0.3) is 5.91 Å². The molecule has 30 heavy (non-hydrogen) atoms. The van der Waals surface area contributed by atoms with Gasteiger partial charge in [0.1, 0.15) is 17.5 Å². The van der Waals surface area contributed by atoms with Crippen molar-refractivity contribution >= 4 is 18.4 Å². The number of likely N-dealkylation sites (N-methyl/N-ethyl adjacent to an activating group) is 1. The summed E-state index contributed by atoms with van der Waals surface area (Å²) in [6, 6.07) is 10.7. The monoisotopic (exact) mass is 405 g/mol. The zero-order valence-electron chi connectivity index (χ0n) is 17.1. The maximum atomic E-state index is 12.7. The lowest BCUT2D eigenvalue weighted by Gasteiger charge is -2.42. The Kier molecular flexibility index (Phi) is 6.32. The largest absolute Gasteiger partial charge is 0.510 e. The molecule has 2 aromatic rings. The highest BCUT2D eigenvalue weighted by Crippen LogP contribution is 2.32. The van der Waals surface area contributed by atoms with Crippen LogP contribution >= 0.6 is 0 Å². The van der Waals surface area contributed by atoms with Crippen molar-refractivity contribution in [3.05, 3.63) is 65.3 Å². The van der Waals surface area contributed by atoms with Crippen LogP contribution in [0.5, 0.6) is 0 Å². The second kappa shape index (κ2) is 9.09. The van der Waals surface area contributed by atoms with Gasteiger partial charge in [0, 0.05) is 19.8 Å². The molecule has 154 valence electrons. The van der Waals surface area contributed by atoms with Crippen LogP contribution in [0.3, 0.4) is 0 Å². The molecule has 8 heteroatoms. The second-order valence-electron chi connectivity index (χ2n) is 6.84. The Labute approximate surface area is 175 Å². The molecular weight excluding hydrogens is 382 g/mol. The number of hydrogen-bond acceptors (Lipinski definition) is 6. The molecule has 2 unspecified atom stereocenters. The SMILES string of the molecule is CC#Cc1ccn(C(c2ccccc2)C2CN(C)C(=O)/C(=C(/C)O)N2/N=C\C=O)n1. The third-order valence-corrected chi connectivity index (χ3v) is 4.80. The predicted molar refractivity (Wildman–Crippen MR) is 113 cm³/mol. The maximum Gasteiger partial charge on any atom is 0.275 e. The first-order valence-electron chi connectivity index (χ1n) is 9.43. The van der Waals surface area contributed by atoms with E-state index in [1.165, 1.54) is 16.8 Å². The first-order chi connectivity index (χ1) is 14.5. The van der Waals surface area contributed by atoms with Gasteiger partial charge in [-0.05, 0) is 31.4 Å². The lowest BCUT2D eigenvalue weighted by atomic mass is 9.96. The van der Waals surface area contributed by atoms with Gasteiger partial charge in [-0.1, -0.05) is 36.3 Å². The molecule has 1 fully saturated rings. The summed E-state index contributed by atoms with van der Waals surface area (Å²) in [4.78, 5) is 25.2. The standard InChI is InChI=1S/C22H23N5O3/c1-4-8-18-11-13-26(24-18)21(17-9-6-5-7-10-17)19-15-25(3)22(30)20(16(2)29)27(19)23-12-14-28/h5-7,9-14,19,21,29H,15H2,1-3H3/b20-16+,23-12-. The van der Waals surface area contributed by atoms with Crippen LogP contribution < -0.4 is 0 Å². The molecule has 1 saturated heterocycles. The van der Waals surface area contributed by atoms with Gasteiger partial charge in [0.15, 0.2) is 12.0 Å². The third kappa shape index (κ3) is 4.10. The Hall–Kier alpha value is -3.86. The molecule has 0 saturated carbocycles. The van der Waals surface area contributed by atoms with Gasteiger partial charge in [0.2, 0.25) is 0 Å². The molecule has 0 aliphatic carbocycles. The van der Waals surface area contributed by atoms with E-state index in [0.29, 0.717) is 18.5 Å². The van der Waals surface area contributed by atoms with E-state index < -0.39 is 6.04 Å². The third-order valence-electron chi connectivity index (χ3n) is 4.80. The van der Waals surface area contributed by atoms with Crippen LogP contribution in [0.4, 0.5) is 0 Å². The summed E-state index contributed by atoms with van der Waals surface area (Å²) >= 11 is 0. The maximum absolute atomic E-state index is 12.7. The van der Waals surface area contributed by atoms with Gasteiger partial charge in [-0.2, -0.15) is 10.2 Å². The summed E-state index contributed by atoms with van der Waals surface area (Å²) in [7, 11) is 1.66. The fourth-order valence-corrected chi connectivity index (χ4v) is 3.57. The number of hydrogen-bond donors (Lipinski definition) is 1. The number of rotatable bonds is 5. The predicted octanol–water partition coefficient (Wildman–Crippen LogP) is 1.96. The highest BCUT2D eigenvalue weighted by atomic mass is 16.3. The number of nitrogens with zero attached hydrogens (tertiary/aromatic N) is 5. The molecule has 0 radical (unpaired) electrons. The first-order valence-corrected chi connectivity index (χ1v) is 9.43. The van der Waals surface area contributed by atoms with E-state index in [9.17, 15) is 14.7 Å². The van der Waals surface area contributed by atoms with Gasteiger partial charge in [-0.15, -0.1) is 0 Å². The molecule has 1 aromatic heterocycles. The van der Waals surface area contributed by atoms with Crippen molar-refractivity contribution in [3.63, 3.8) is 0 Å². The van der Waals surface area contributed by atoms with Crippen molar-refractivity contribution < 1.29 is 14.7 Å². The van der Waals surface area contributed by atoms with Gasteiger partial charge in [-0.25, -0.2) is 5.01 Å². The molecule has 1 aliphatic rings. The minimum Gasteiger partial charge on any atom is -0.510 e. The number of aromatic nitrogens is 2. The van der Waals surface area contributed by atoms with Gasteiger partial charge in [0.05, 0.1) is 12.3 Å². The summed E-state index contributed by atoms with van der Waals surface area (Å²) < 4.78 is 1.77. The molecule has 0 bridgehead atoms. The highest BCUT2D eigenvalue weighted by Gasteiger charge is 2.41. The van der Waals surface area contributed by atoms with E-state index in [4.69, 9.17) is 0 Å². The average molecular weight is 405 g/mol. The molecule has 8 nitrogen and oxygen atoms in total. The lowest BCUT2D eigenvalue weighted by Crippen LogP contribution is -2.55. The second-order valence-corrected chi connectivity index (χ2v) is 6.84. The van der Waals surface area contributed by atoms with Crippen molar-refractivity contribution in [2.45, 2.75) is 25.9 Å². The topological polar surface area (TPSA) is 91.0 Å². The van der Waals surface area contributed by atoms with Crippen molar-refractivity contribution in [2.75, 3.05) is 13.6 Å². The minimum absolute atomic E-state index is 0.0218. The van der Waals surface area contributed by atoms with Crippen LogP contribution in [0.25, 0.3) is 0 Å². The number of aliphatic hydroxyl groups is 1. The molecule has 2 atom stereocenters. The molecule has 0 spiro atoms. The highest BCUT2D eigenvalue weighted by molar-refractivity contribution is 6.12. The first kappa shape index (κ1) is 20.9. The number of hydrazone groups is 1. The summed E-state index contributed by atoms with van der Waals surface area (Å²) in [6.45, 7) is 3.47. The van der Waals surface area contributed by atoms with E-state index in [2.05, 4.69) is 22.0 Å². The Balaban J connectivity index is 2.19. The number of carbonyl (C=O) groups excluding carboxylic acids is 2. The lowest BCUT2D eigenvalue weighted by molar-refractivity contribution is -0.132. The molecule has 1 aromatic carbocycles. The Morgan fingerprint density at radius 2 is 2.07 bits per heavy atom. The van der Waals surface area contributed by atoms with Crippen LogP contribution in [-0.2, 0) is 9.59 Å². The van der Waals surface area contributed by atoms with E-state index in [-0.39, 0.29) is 23.4 Å². The van der Waals surface area contributed by atoms with E-state index in [1.54, 1.807) is 18.7 Å². The number of aliphatic hydroxyl groups excluding tert-OH is 1. The summed E-state index contributed by atoms with van der Waals surface area (Å²) in [6.07, 6.45) is 3.42. The Morgan fingerprint density at radius 1 is 1.33 bits per heavy atom. The number of benzene rings is 1. The molecule has 2 heterocycles. The number of amides is 1. The Morgan fingerprint density at radius 3 is 2.70 bits per heavy atom. The number of carbonyl (C=O) groups is 2. The minimum atomic E-state index is -0.439. The quantitative estimate of drug-likeness (QED) is 0.270. The molecule has 1 amide bonds. The smallest absolute Gasteiger partial charge is 0.275 e. The zero-order valence-corrected chi connectivity index (χ0v) is 17.1. The molecular formula is C22H23N5O3. The van der Waals surface area contributed by atoms with Crippen molar-refractivity contribution in [3.8, 4) is 11.8 Å². The molecule has 1 N–H and O–H groups in total.